The van der Waals surface area contributed by atoms with Crippen LogP contribution in [0.1, 0.15) is 39.5 Å². The quantitative estimate of drug-likeness (QED) is 0.374. The molecule has 182 valence electrons. The molecule has 3 aromatic heterocycles. The van der Waals surface area contributed by atoms with E-state index in [1.165, 1.54) is 31.8 Å². The fourth-order valence-electron chi connectivity index (χ4n) is 3.12. The number of hydrogen-bond acceptors (Lipinski definition) is 7. The minimum absolute atomic E-state index is 0.00140. The topological polar surface area (TPSA) is 98.5 Å². The lowest BCUT2D eigenvalue weighted by Gasteiger charge is -2.20. The van der Waals surface area contributed by atoms with E-state index in [9.17, 15) is 31.1 Å². The number of nitrogens with one attached hydrogen (secondary N) is 1. The van der Waals surface area contributed by atoms with Gasteiger partial charge in [-0.1, -0.05) is 17.4 Å². The molecule has 8 nitrogen and oxygen atoms in total. The average molecular weight is 513 g/mol. The van der Waals surface area contributed by atoms with E-state index in [0.717, 1.165) is 22.1 Å². The summed E-state index contributed by atoms with van der Waals surface area (Å²) in [5.74, 6) is -0.638. The van der Waals surface area contributed by atoms with Crippen LogP contribution in [0.15, 0.2) is 49.2 Å². The monoisotopic (exact) mass is 513 g/mol. The normalized spacial score (nSPS) is 13.0. The highest BCUT2D eigenvalue weighted by Crippen LogP contribution is 2.39. The smallest absolute Gasteiger partial charge is 0.317 e. The SMILES string of the molecule is C[C@H](c1ccc(C(F)(F)F)cc1C(F)(F)F)n1cc(NC(=O)c2nnc(-c3ccncn3)s2)cn1. The summed E-state index contributed by atoms with van der Waals surface area (Å²) in [6, 6.07) is 1.92. The van der Waals surface area contributed by atoms with Crippen LogP contribution in [-0.4, -0.2) is 35.9 Å². The predicted octanol–water partition coefficient (Wildman–Crippen LogP) is 5.09. The maximum absolute atomic E-state index is 13.5. The number of hydrogen-bond donors (Lipinski definition) is 1. The van der Waals surface area contributed by atoms with Gasteiger partial charge in [0.1, 0.15) is 12.0 Å². The van der Waals surface area contributed by atoms with Gasteiger partial charge in [0.2, 0.25) is 5.01 Å². The molecule has 4 rings (SSSR count). The summed E-state index contributed by atoms with van der Waals surface area (Å²) in [6.07, 6.45) is -4.69. The van der Waals surface area contributed by atoms with E-state index in [1.807, 2.05) is 0 Å². The Morgan fingerprint density at radius 1 is 1.09 bits per heavy atom. The Bertz CT molecular complexity index is 1350. The van der Waals surface area contributed by atoms with Crippen molar-refractivity contribution in [3.63, 3.8) is 0 Å². The molecule has 1 atom stereocenters. The first-order valence-corrected chi connectivity index (χ1v) is 10.5. The fourth-order valence-corrected chi connectivity index (χ4v) is 3.84. The summed E-state index contributed by atoms with van der Waals surface area (Å²) in [6.45, 7) is 1.34. The van der Waals surface area contributed by atoms with Crippen molar-refractivity contribution >= 4 is 22.9 Å². The lowest BCUT2D eigenvalue weighted by Crippen LogP contribution is -2.17. The highest BCUT2D eigenvalue weighted by molar-refractivity contribution is 7.16. The second-order valence-electron chi connectivity index (χ2n) is 7.14. The van der Waals surface area contributed by atoms with E-state index >= 15 is 0 Å². The average Bonchev–Trinajstić information content (AvgIpc) is 3.48. The number of carbonyl (C=O) groups excluding carboxylic acids is 1. The van der Waals surface area contributed by atoms with Crippen molar-refractivity contribution in [3.05, 3.63) is 70.9 Å². The van der Waals surface area contributed by atoms with Crippen molar-refractivity contribution in [2.24, 2.45) is 0 Å². The third-order valence-electron chi connectivity index (χ3n) is 4.81. The molecule has 3 heterocycles. The van der Waals surface area contributed by atoms with Crippen LogP contribution >= 0.6 is 11.3 Å². The third-order valence-corrected chi connectivity index (χ3v) is 5.76. The van der Waals surface area contributed by atoms with E-state index < -0.39 is 41.0 Å². The highest BCUT2D eigenvalue weighted by atomic mass is 32.1. The van der Waals surface area contributed by atoms with Gasteiger partial charge in [0, 0.05) is 12.4 Å². The molecule has 1 amide bonds. The largest absolute Gasteiger partial charge is 0.416 e. The van der Waals surface area contributed by atoms with Gasteiger partial charge in [-0.2, -0.15) is 31.4 Å². The van der Waals surface area contributed by atoms with Gasteiger partial charge in [0.25, 0.3) is 5.91 Å². The first-order chi connectivity index (χ1) is 16.4. The molecule has 0 aliphatic rings. The predicted molar refractivity (Wildman–Crippen MR) is 111 cm³/mol. The molecule has 15 heteroatoms. The zero-order chi connectivity index (χ0) is 25.4. The molecule has 0 bridgehead atoms. The van der Waals surface area contributed by atoms with Crippen molar-refractivity contribution in [2.75, 3.05) is 5.32 Å². The lowest BCUT2D eigenvalue weighted by atomic mass is 9.98. The number of rotatable bonds is 5. The molecule has 0 saturated carbocycles. The molecule has 0 saturated heterocycles. The number of benzene rings is 1. The van der Waals surface area contributed by atoms with Crippen molar-refractivity contribution in [1.29, 1.82) is 0 Å². The number of amides is 1. The second-order valence-corrected chi connectivity index (χ2v) is 8.12. The first kappa shape index (κ1) is 24.3. The fraction of sp³-hybridized carbons (Fsp3) is 0.200. The molecule has 35 heavy (non-hydrogen) atoms. The summed E-state index contributed by atoms with van der Waals surface area (Å²) >= 11 is 0.963. The number of carbonyl (C=O) groups is 1. The molecule has 0 radical (unpaired) electrons. The minimum Gasteiger partial charge on any atom is -0.317 e. The minimum atomic E-state index is -5.02. The maximum atomic E-state index is 13.5. The molecular formula is C20H13F6N7OS. The van der Waals surface area contributed by atoms with Crippen LogP contribution in [0.2, 0.25) is 0 Å². The summed E-state index contributed by atoms with van der Waals surface area (Å²) in [4.78, 5) is 20.3. The lowest BCUT2D eigenvalue weighted by molar-refractivity contribution is -0.143. The van der Waals surface area contributed by atoms with Crippen molar-refractivity contribution < 1.29 is 31.1 Å². The van der Waals surface area contributed by atoms with Crippen molar-refractivity contribution in [1.82, 2.24) is 29.9 Å². The molecule has 1 aromatic carbocycles. The van der Waals surface area contributed by atoms with Gasteiger partial charge >= 0.3 is 12.4 Å². The van der Waals surface area contributed by atoms with Gasteiger partial charge in [-0.25, -0.2) is 9.97 Å². The van der Waals surface area contributed by atoms with Crippen LogP contribution in [0, 0.1) is 0 Å². The van der Waals surface area contributed by atoms with E-state index in [0.29, 0.717) is 16.8 Å². The Kier molecular flexibility index (Phi) is 6.27. The molecule has 4 aromatic rings. The molecular weight excluding hydrogens is 500 g/mol. The molecule has 0 fully saturated rings. The second kappa shape index (κ2) is 9.05. The zero-order valence-electron chi connectivity index (χ0n) is 17.5. The summed E-state index contributed by atoms with van der Waals surface area (Å²) in [5.41, 5.74) is -2.64. The van der Waals surface area contributed by atoms with E-state index in [1.54, 1.807) is 6.07 Å². The Hall–Kier alpha value is -3.88. The maximum Gasteiger partial charge on any atom is 0.416 e. The summed E-state index contributed by atoms with van der Waals surface area (Å²) in [7, 11) is 0. The molecule has 0 aliphatic carbocycles. The van der Waals surface area contributed by atoms with Crippen LogP contribution in [0.25, 0.3) is 10.7 Å². The van der Waals surface area contributed by atoms with E-state index in [4.69, 9.17) is 0 Å². The van der Waals surface area contributed by atoms with Crippen LogP contribution in [0.3, 0.4) is 0 Å². The first-order valence-electron chi connectivity index (χ1n) is 9.67. The van der Waals surface area contributed by atoms with Crippen molar-refractivity contribution in [3.8, 4) is 10.7 Å². The number of anilines is 1. The van der Waals surface area contributed by atoms with Gasteiger partial charge in [0.15, 0.2) is 5.01 Å². The molecule has 0 aliphatic heterocycles. The van der Waals surface area contributed by atoms with Crippen LogP contribution < -0.4 is 5.32 Å². The zero-order valence-corrected chi connectivity index (χ0v) is 18.3. The van der Waals surface area contributed by atoms with Crippen LogP contribution in [0.5, 0.6) is 0 Å². The molecule has 0 unspecified atom stereocenters. The molecule has 0 spiro atoms. The van der Waals surface area contributed by atoms with Gasteiger partial charge in [-0.15, -0.1) is 10.2 Å². The van der Waals surface area contributed by atoms with Crippen molar-refractivity contribution in [2.45, 2.75) is 25.3 Å². The van der Waals surface area contributed by atoms with Gasteiger partial charge in [-0.3, -0.25) is 9.48 Å². The number of halogens is 6. The van der Waals surface area contributed by atoms with Gasteiger partial charge in [0.05, 0.1) is 29.1 Å². The van der Waals surface area contributed by atoms with Crippen LogP contribution in [0.4, 0.5) is 32.0 Å². The van der Waals surface area contributed by atoms with Gasteiger partial charge < -0.3 is 5.32 Å². The van der Waals surface area contributed by atoms with Crippen LogP contribution in [-0.2, 0) is 12.4 Å². The third kappa shape index (κ3) is 5.29. The Balaban J connectivity index is 1.54. The Labute approximate surface area is 196 Å². The summed E-state index contributed by atoms with van der Waals surface area (Å²) < 4.78 is 80.4. The van der Waals surface area contributed by atoms with E-state index in [2.05, 4.69) is 30.6 Å². The highest BCUT2D eigenvalue weighted by Gasteiger charge is 2.39. The number of aromatic nitrogens is 6. The van der Waals surface area contributed by atoms with Gasteiger partial charge in [-0.05, 0) is 30.7 Å². The van der Waals surface area contributed by atoms with E-state index in [-0.39, 0.29) is 16.8 Å². The molecule has 1 N–H and O–H groups in total. The Morgan fingerprint density at radius 3 is 2.51 bits per heavy atom. The Morgan fingerprint density at radius 2 is 1.86 bits per heavy atom. The number of alkyl halides is 6. The standard InChI is InChI=1S/C20H13F6N7OS/c1-10(13-3-2-11(19(21,22)23)6-14(13)20(24,25)26)33-8-12(7-29-33)30-16(34)18-32-31-17(35-18)15-4-5-27-9-28-15/h2-10H,1H3,(H,30,34)/t10-/m1/s1. The summed E-state index contributed by atoms with van der Waals surface area (Å²) in [5, 5.41) is 14.5. The number of nitrogens with zero attached hydrogens (tertiary/aromatic N) is 6.